The summed E-state index contributed by atoms with van der Waals surface area (Å²) in [6.45, 7) is 2.13. The number of hydrogen-bond acceptors (Lipinski definition) is 2. The summed E-state index contributed by atoms with van der Waals surface area (Å²) in [5.74, 6) is 0. The smallest absolute Gasteiger partial charge is 0.0314 e. The van der Waals surface area contributed by atoms with Gasteiger partial charge in [-0.25, -0.2) is 0 Å². The van der Waals surface area contributed by atoms with E-state index in [0.717, 1.165) is 11.4 Å². The molecule has 3 rings (SSSR count). The van der Waals surface area contributed by atoms with Crippen LogP contribution in [0, 0.1) is 6.92 Å². The highest BCUT2D eigenvalue weighted by atomic mass is 14.5. The van der Waals surface area contributed by atoms with E-state index in [0.29, 0.717) is 0 Å². The minimum atomic E-state index is 0.786. The first-order valence-electron chi connectivity index (χ1n) is 6.96. The Morgan fingerprint density at radius 3 is 1.57 bits per heavy atom. The molecular weight excluding hydrogens is 256 g/mol. The Hall–Kier alpha value is -2.74. The predicted octanol–water partition coefficient (Wildman–Crippen LogP) is 4.49. The van der Waals surface area contributed by atoms with Crippen molar-refractivity contribution in [3.8, 4) is 22.3 Å². The summed E-state index contributed by atoms with van der Waals surface area (Å²) in [5, 5.41) is 0. The van der Waals surface area contributed by atoms with Gasteiger partial charge in [0.15, 0.2) is 0 Å². The lowest BCUT2D eigenvalue weighted by atomic mass is 9.95. The average Bonchev–Trinajstić information content (AvgIpc) is 2.49. The van der Waals surface area contributed by atoms with Gasteiger partial charge in [0.1, 0.15) is 0 Å². The first-order chi connectivity index (χ1) is 10.1. The molecule has 4 N–H and O–H groups in total. The maximum atomic E-state index is 5.74. The Morgan fingerprint density at radius 1 is 0.571 bits per heavy atom. The number of nitrogens with two attached hydrogens (primary N) is 2. The van der Waals surface area contributed by atoms with E-state index in [2.05, 4.69) is 37.3 Å². The second kappa shape index (κ2) is 5.33. The molecule has 21 heavy (non-hydrogen) atoms. The van der Waals surface area contributed by atoms with Crippen molar-refractivity contribution in [2.45, 2.75) is 6.92 Å². The standard InChI is InChI=1S/C19H18N2/c1-13-12-16(14-2-7-17(20)8-3-14)6-11-19(13)15-4-9-18(21)10-5-15/h2-12H,20-21H2,1H3. The van der Waals surface area contributed by atoms with Crippen LogP contribution in [-0.2, 0) is 0 Å². The molecule has 0 radical (unpaired) electrons. The van der Waals surface area contributed by atoms with Gasteiger partial charge in [0.2, 0.25) is 0 Å². The summed E-state index contributed by atoms with van der Waals surface area (Å²) in [4.78, 5) is 0. The summed E-state index contributed by atoms with van der Waals surface area (Å²) in [6, 6.07) is 22.4. The lowest BCUT2D eigenvalue weighted by molar-refractivity contribution is 1.45. The molecule has 0 saturated carbocycles. The van der Waals surface area contributed by atoms with Gasteiger partial charge in [0.25, 0.3) is 0 Å². The van der Waals surface area contributed by atoms with Crippen LogP contribution >= 0.6 is 0 Å². The van der Waals surface area contributed by atoms with Crippen molar-refractivity contribution in [1.29, 1.82) is 0 Å². The van der Waals surface area contributed by atoms with Crippen LogP contribution in [0.4, 0.5) is 11.4 Å². The Bertz CT molecular complexity index is 757. The molecule has 0 bridgehead atoms. The van der Waals surface area contributed by atoms with Crippen molar-refractivity contribution in [3.05, 3.63) is 72.3 Å². The third-order valence-electron chi connectivity index (χ3n) is 3.69. The highest BCUT2D eigenvalue weighted by Crippen LogP contribution is 2.29. The molecule has 0 atom stereocenters. The van der Waals surface area contributed by atoms with Crippen LogP contribution in [0.3, 0.4) is 0 Å². The Kier molecular flexibility index (Phi) is 3.36. The molecular formula is C19H18N2. The van der Waals surface area contributed by atoms with Crippen LogP contribution in [0.25, 0.3) is 22.3 Å². The molecule has 0 aliphatic heterocycles. The average molecular weight is 274 g/mol. The quantitative estimate of drug-likeness (QED) is 0.676. The molecule has 3 aromatic rings. The lowest BCUT2D eigenvalue weighted by Crippen LogP contribution is -1.88. The number of rotatable bonds is 2. The summed E-state index contributed by atoms with van der Waals surface area (Å²) in [5.41, 5.74) is 19.1. The van der Waals surface area contributed by atoms with Crippen LogP contribution in [0.5, 0.6) is 0 Å². The molecule has 0 aliphatic rings. The third-order valence-corrected chi connectivity index (χ3v) is 3.69. The predicted molar refractivity (Wildman–Crippen MR) is 90.9 cm³/mol. The second-order valence-corrected chi connectivity index (χ2v) is 5.27. The molecule has 0 heterocycles. The molecule has 0 fully saturated rings. The topological polar surface area (TPSA) is 52.0 Å². The molecule has 0 aromatic heterocycles. The van der Waals surface area contributed by atoms with Crippen molar-refractivity contribution < 1.29 is 0 Å². The van der Waals surface area contributed by atoms with Crippen molar-refractivity contribution in [3.63, 3.8) is 0 Å². The summed E-state index contributed by atoms with van der Waals surface area (Å²) >= 11 is 0. The molecule has 2 nitrogen and oxygen atoms in total. The van der Waals surface area contributed by atoms with Gasteiger partial charge in [0, 0.05) is 11.4 Å². The van der Waals surface area contributed by atoms with E-state index in [1.165, 1.54) is 27.8 Å². The normalized spacial score (nSPS) is 10.5. The highest BCUT2D eigenvalue weighted by Gasteiger charge is 2.04. The molecule has 0 unspecified atom stereocenters. The molecule has 0 amide bonds. The van der Waals surface area contributed by atoms with Gasteiger partial charge in [-0.1, -0.05) is 42.5 Å². The monoisotopic (exact) mass is 274 g/mol. The second-order valence-electron chi connectivity index (χ2n) is 5.27. The van der Waals surface area contributed by atoms with E-state index in [-0.39, 0.29) is 0 Å². The Morgan fingerprint density at radius 2 is 1.05 bits per heavy atom. The number of anilines is 2. The first-order valence-corrected chi connectivity index (χ1v) is 6.96. The van der Waals surface area contributed by atoms with Crippen LogP contribution in [-0.4, -0.2) is 0 Å². The minimum Gasteiger partial charge on any atom is -0.399 e. The van der Waals surface area contributed by atoms with Gasteiger partial charge in [0.05, 0.1) is 0 Å². The molecule has 0 saturated heterocycles. The fourth-order valence-corrected chi connectivity index (χ4v) is 2.51. The van der Waals surface area contributed by atoms with Gasteiger partial charge in [-0.05, 0) is 59.0 Å². The van der Waals surface area contributed by atoms with Crippen molar-refractivity contribution in [1.82, 2.24) is 0 Å². The van der Waals surface area contributed by atoms with Gasteiger partial charge >= 0.3 is 0 Å². The van der Waals surface area contributed by atoms with E-state index < -0.39 is 0 Å². The van der Waals surface area contributed by atoms with E-state index in [1.54, 1.807) is 0 Å². The third kappa shape index (κ3) is 2.75. The van der Waals surface area contributed by atoms with Crippen molar-refractivity contribution in [2.75, 3.05) is 11.5 Å². The Balaban J connectivity index is 1.99. The summed E-state index contributed by atoms with van der Waals surface area (Å²) in [6.07, 6.45) is 0. The number of aryl methyl sites for hydroxylation is 1. The number of benzene rings is 3. The minimum absolute atomic E-state index is 0.786. The molecule has 104 valence electrons. The van der Waals surface area contributed by atoms with E-state index in [9.17, 15) is 0 Å². The van der Waals surface area contributed by atoms with E-state index >= 15 is 0 Å². The zero-order valence-electron chi connectivity index (χ0n) is 12.0. The van der Waals surface area contributed by atoms with Crippen molar-refractivity contribution >= 4 is 11.4 Å². The fourth-order valence-electron chi connectivity index (χ4n) is 2.51. The molecule has 0 aliphatic carbocycles. The summed E-state index contributed by atoms with van der Waals surface area (Å²) in [7, 11) is 0. The maximum absolute atomic E-state index is 5.74. The Labute approximate surface area is 125 Å². The van der Waals surface area contributed by atoms with Crippen LogP contribution in [0.2, 0.25) is 0 Å². The molecule has 0 spiro atoms. The van der Waals surface area contributed by atoms with Crippen molar-refractivity contribution in [2.24, 2.45) is 0 Å². The molecule has 2 heteroatoms. The lowest BCUT2D eigenvalue weighted by Gasteiger charge is -2.10. The van der Waals surface area contributed by atoms with Gasteiger partial charge < -0.3 is 11.5 Å². The SMILES string of the molecule is Cc1cc(-c2ccc(N)cc2)ccc1-c1ccc(N)cc1. The maximum Gasteiger partial charge on any atom is 0.0314 e. The largest absolute Gasteiger partial charge is 0.399 e. The highest BCUT2D eigenvalue weighted by molar-refractivity contribution is 5.74. The van der Waals surface area contributed by atoms with Crippen LogP contribution in [0.15, 0.2) is 66.7 Å². The number of hydrogen-bond donors (Lipinski definition) is 2. The summed E-state index contributed by atoms with van der Waals surface area (Å²) < 4.78 is 0. The van der Waals surface area contributed by atoms with Crippen LogP contribution in [0.1, 0.15) is 5.56 Å². The van der Waals surface area contributed by atoms with Gasteiger partial charge in [-0.2, -0.15) is 0 Å². The van der Waals surface area contributed by atoms with E-state index in [1.807, 2.05) is 36.4 Å². The van der Waals surface area contributed by atoms with Crippen LogP contribution < -0.4 is 11.5 Å². The number of nitrogen functional groups attached to an aromatic ring is 2. The zero-order valence-corrected chi connectivity index (χ0v) is 12.0. The first kappa shape index (κ1) is 13.3. The van der Waals surface area contributed by atoms with Gasteiger partial charge in [-0.15, -0.1) is 0 Å². The van der Waals surface area contributed by atoms with Gasteiger partial charge in [-0.3, -0.25) is 0 Å². The fraction of sp³-hybridized carbons (Fsp3) is 0.0526. The van der Waals surface area contributed by atoms with E-state index in [4.69, 9.17) is 11.5 Å². The molecule has 3 aromatic carbocycles. The zero-order chi connectivity index (χ0) is 14.8.